The number of aromatic nitrogens is 3. The Balaban J connectivity index is 1.50. The molecule has 5 nitrogen and oxygen atoms in total. The van der Waals surface area contributed by atoms with Gasteiger partial charge in [0.05, 0.1) is 16.6 Å². The first kappa shape index (κ1) is 20.5. The first-order valence-corrected chi connectivity index (χ1v) is 10.4. The van der Waals surface area contributed by atoms with Gasteiger partial charge in [0.25, 0.3) is 0 Å². The van der Waals surface area contributed by atoms with Crippen molar-refractivity contribution in [2.75, 3.05) is 5.43 Å². The van der Waals surface area contributed by atoms with Crippen LogP contribution < -0.4 is 10.2 Å². The molecule has 0 saturated heterocycles. The zero-order valence-electron chi connectivity index (χ0n) is 15.8. The van der Waals surface area contributed by atoms with E-state index in [9.17, 15) is 0 Å². The molecular weight excluding hydrogens is 439 g/mol. The molecule has 30 heavy (non-hydrogen) atoms. The van der Waals surface area contributed by atoms with Crippen molar-refractivity contribution < 1.29 is 4.74 Å². The number of halogens is 2. The standard InChI is InChI=1S/C22H18Cl2N4OS/c23-18-11-10-15(12-19(18)24)14-29-20-9-5-4-8-17(20)13-25-28-21(26-27-22(28)30)16-6-2-1-3-7-16/h1-12,25H,13-14H2,(H,27,30). The van der Waals surface area contributed by atoms with E-state index in [4.69, 9.17) is 40.2 Å². The molecule has 0 atom stereocenters. The molecule has 152 valence electrons. The largest absolute Gasteiger partial charge is 0.489 e. The van der Waals surface area contributed by atoms with Crippen LogP contribution in [0.5, 0.6) is 5.75 Å². The maximum absolute atomic E-state index is 6.09. The molecule has 0 aliphatic rings. The van der Waals surface area contributed by atoms with Crippen LogP contribution >= 0.6 is 35.4 Å². The summed E-state index contributed by atoms with van der Waals surface area (Å²) in [4.78, 5) is 0. The van der Waals surface area contributed by atoms with Crippen LogP contribution in [0.25, 0.3) is 11.4 Å². The lowest BCUT2D eigenvalue weighted by atomic mass is 10.2. The molecule has 1 aromatic heterocycles. The molecule has 4 rings (SSSR count). The van der Waals surface area contributed by atoms with Crippen molar-refractivity contribution in [1.29, 1.82) is 0 Å². The van der Waals surface area contributed by atoms with Crippen LogP contribution in [0.1, 0.15) is 11.1 Å². The number of rotatable bonds is 7. The molecule has 0 fully saturated rings. The van der Waals surface area contributed by atoms with Gasteiger partial charge in [-0.3, -0.25) is 0 Å². The van der Waals surface area contributed by atoms with E-state index in [-0.39, 0.29) is 0 Å². The molecule has 1 heterocycles. The third kappa shape index (κ3) is 4.67. The van der Waals surface area contributed by atoms with Gasteiger partial charge in [0.15, 0.2) is 5.82 Å². The van der Waals surface area contributed by atoms with Gasteiger partial charge in [0.2, 0.25) is 4.77 Å². The number of hydrogen-bond donors (Lipinski definition) is 2. The van der Waals surface area contributed by atoms with Gasteiger partial charge >= 0.3 is 0 Å². The number of nitrogens with one attached hydrogen (secondary N) is 2. The Kier molecular flexibility index (Phi) is 6.38. The molecule has 0 spiro atoms. The first-order chi connectivity index (χ1) is 14.6. The van der Waals surface area contributed by atoms with E-state index >= 15 is 0 Å². The lowest BCUT2D eigenvalue weighted by Crippen LogP contribution is -2.16. The van der Waals surface area contributed by atoms with Gasteiger partial charge in [-0.15, -0.1) is 0 Å². The van der Waals surface area contributed by atoms with Crippen LogP contribution in [0.3, 0.4) is 0 Å². The zero-order valence-corrected chi connectivity index (χ0v) is 18.1. The Morgan fingerprint density at radius 3 is 2.53 bits per heavy atom. The number of hydrogen-bond acceptors (Lipinski definition) is 4. The fourth-order valence-corrected chi connectivity index (χ4v) is 3.49. The molecule has 0 bridgehead atoms. The van der Waals surface area contributed by atoms with Crippen molar-refractivity contribution >= 4 is 35.4 Å². The topological polar surface area (TPSA) is 54.9 Å². The highest BCUT2D eigenvalue weighted by atomic mass is 35.5. The van der Waals surface area contributed by atoms with E-state index in [1.165, 1.54) is 0 Å². The summed E-state index contributed by atoms with van der Waals surface area (Å²) in [6, 6.07) is 23.2. The van der Waals surface area contributed by atoms with Crippen LogP contribution in [0, 0.1) is 4.77 Å². The molecule has 0 unspecified atom stereocenters. The second-order valence-corrected chi connectivity index (χ2v) is 7.73. The second kappa shape index (κ2) is 9.34. The number of benzene rings is 3. The van der Waals surface area contributed by atoms with Gasteiger partial charge in [-0.05, 0) is 36.0 Å². The summed E-state index contributed by atoms with van der Waals surface area (Å²) in [5, 5.41) is 8.22. The highest BCUT2D eigenvalue weighted by Gasteiger charge is 2.10. The van der Waals surface area contributed by atoms with Crippen molar-refractivity contribution in [2.45, 2.75) is 13.2 Å². The molecular formula is C22H18Cl2N4OS. The number of ether oxygens (including phenoxy) is 1. The van der Waals surface area contributed by atoms with Gasteiger partial charge in [0, 0.05) is 11.1 Å². The summed E-state index contributed by atoms with van der Waals surface area (Å²) < 4.78 is 8.29. The Hall–Kier alpha value is -2.80. The Labute approximate surface area is 189 Å². The molecule has 0 aliphatic heterocycles. The maximum atomic E-state index is 6.09. The Bertz CT molecular complexity index is 1210. The summed E-state index contributed by atoms with van der Waals surface area (Å²) in [7, 11) is 0. The molecule has 2 N–H and O–H groups in total. The SMILES string of the molecule is S=c1[nH]nc(-c2ccccc2)n1NCc1ccccc1OCc1ccc(Cl)c(Cl)c1. The van der Waals surface area contributed by atoms with Gasteiger partial charge in [-0.1, -0.05) is 77.8 Å². The monoisotopic (exact) mass is 456 g/mol. The second-order valence-electron chi connectivity index (χ2n) is 6.53. The number of H-pyrrole nitrogens is 1. The van der Waals surface area contributed by atoms with Crippen LogP contribution in [0.2, 0.25) is 10.0 Å². The smallest absolute Gasteiger partial charge is 0.214 e. The average Bonchev–Trinajstić information content (AvgIpc) is 3.14. The van der Waals surface area contributed by atoms with Gasteiger partial charge in [0.1, 0.15) is 12.4 Å². The predicted molar refractivity (Wildman–Crippen MR) is 123 cm³/mol. The van der Waals surface area contributed by atoms with E-state index in [1.807, 2.05) is 66.7 Å². The van der Waals surface area contributed by atoms with Crippen LogP contribution in [0.15, 0.2) is 72.8 Å². The van der Waals surface area contributed by atoms with Gasteiger partial charge in [-0.25, -0.2) is 9.77 Å². The third-order valence-electron chi connectivity index (χ3n) is 4.48. The highest BCUT2D eigenvalue weighted by molar-refractivity contribution is 7.71. The van der Waals surface area contributed by atoms with Gasteiger partial charge < -0.3 is 10.2 Å². The molecule has 0 radical (unpaired) electrons. The first-order valence-electron chi connectivity index (χ1n) is 9.23. The molecule has 3 aromatic carbocycles. The molecule has 0 amide bonds. The fourth-order valence-electron chi connectivity index (χ4n) is 2.97. The van der Waals surface area contributed by atoms with Crippen molar-refractivity contribution in [3.05, 3.63) is 98.7 Å². The van der Waals surface area contributed by atoms with E-state index in [2.05, 4.69) is 15.6 Å². The predicted octanol–water partition coefficient (Wildman–Crippen LogP) is 6.24. The molecule has 0 saturated carbocycles. The summed E-state index contributed by atoms with van der Waals surface area (Å²) in [6.07, 6.45) is 0. The van der Waals surface area contributed by atoms with E-state index in [1.54, 1.807) is 10.7 Å². The van der Waals surface area contributed by atoms with Gasteiger partial charge in [-0.2, -0.15) is 5.10 Å². The number of aromatic amines is 1. The Morgan fingerprint density at radius 1 is 0.967 bits per heavy atom. The lowest BCUT2D eigenvalue weighted by molar-refractivity contribution is 0.303. The van der Waals surface area contributed by atoms with Crippen molar-refractivity contribution in [1.82, 2.24) is 14.9 Å². The van der Waals surface area contributed by atoms with Crippen LogP contribution in [-0.4, -0.2) is 14.9 Å². The number of nitrogens with zero attached hydrogens (tertiary/aromatic N) is 2. The molecule has 4 aromatic rings. The highest BCUT2D eigenvalue weighted by Crippen LogP contribution is 2.25. The zero-order chi connectivity index (χ0) is 20.9. The van der Waals surface area contributed by atoms with Crippen molar-refractivity contribution in [3.63, 3.8) is 0 Å². The van der Waals surface area contributed by atoms with E-state index in [0.29, 0.717) is 28.0 Å². The fraction of sp³-hybridized carbons (Fsp3) is 0.0909. The summed E-state index contributed by atoms with van der Waals surface area (Å²) in [6.45, 7) is 0.888. The van der Waals surface area contributed by atoms with Crippen molar-refractivity contribution in [3.8, 4) is 17.1 Å². The minimum Gasteiger partial charge on any atom is -0.489 e. The maximum Gasteiger partial charge on any atom is 0.214 e. The normalized spacial score (nSPS) is 10.7. The van der Waals surface area contributed by atoms with Crippen LogP contribution in [0.4, 0.5) is 0 Å². The molecule has 0 aliphatic carbocycles. The number of para-hydroxylation sites is 1. The lowest BCUT2D eigenvalue weighted by Gasteiger charge is -2.14. The van der Waals surface area contributed by atoms with E-state index < -0.39 is 0 Å². The third-order valence-corrected chi connectivity index (χ3v) is 5.50. The van der Waals surface area contributed by atoms with Crippen LogP contribution in [-0.2, 0) is 13.2 Å². The quantitative estimate of drug-likeness (QED) is 0.323. The molecule has 8 heteroatoms. The average molecular weight is 457 g/mol. The van der Waals surface area contributed by atoms with E-state index in [0.717, 1.165) is 28.3 Å². The summed E-state index contributed by atoms with van der Waals surface area (Å²) >= 11 is 17.5. The summed E-state index contributed by atoms with van der Waals surface area (Å²) in [5.41, 5.74) is 6.22. The Morgan fingerprint density at radius 2 is 1.73 bits per heavy atom. The minimum atomic E-state index is 0.383. The van der Waals surface area contributed by atoms with Crippen molar-refractivity contribution in [2.24, 2.45) is 0 Å². The minimum absolute atomic E-state index is 0.383. The summed E-state index contributed by atoms with van der Waals surface area (Å²) in [5.74, 6) is 1.49.